The zero-order valence-electron chi connectivity index (χ0n) is 11.8. The number of thioether (sulfide) groups is 1. The summed E-state index contributed by atoms with van der Waals surface area (Å²) in [6.07, 6.45) is 2.78. The van der Waals surface area contributed by atoms with Crippen molar-refractivity contribution in [2.24, 2.45) is 0 Å². The van der Waals surface area contributed by atoms with Crippen LogP contribution in [0.1, 0.15) is 15.9 Å². The van der Waals surface area contributed by atoms with E-state index in [4.69, 9.17) is 5.11 Å². The average molecular weight is 334 g/mol. The third kappa shape index (κ3) is 5.03. The van der Waals surface area contributed by atoms with E-state index in [1.165, 1.54) is 48.6 Å². The number of hydrogen-bond donors (Lipinski definition) is 1. The molecule has 0 aliphatic carbocycles. The van der Waals surface area contributed by atoms with E-state index < -0.39 is 17.6 Å². The van der Waals surface area contributed by atoms with Gasteiger partial charge in [-0.05, 0) is 42.0 Å². The Labute approximate surface area is 135 Å². The number of aliphatic carboxylic acids is 1. The Morgan fingerprint density at radius 2 is 1.78 bits per heavy atom. The van der Waals surface area contributed by atoms with Crippen LogP contribution in [0, 0.1) is 11.6 Å². The number of hydrogen-bond acceptors (Lipinski definition) is 3. The number of carbonyl (C=O) groups excluding carboxylic acids is 1. The number of benzene rings is 2. The van der Waals surface area contributed by atoms with Crippen molar-refractivity contribution in [3.05, 3.63) is 71.3 Å². The van der Waals surface area contributed by atoms with Crippen molar-refractivity contribution >= 4 is 29.6 Å². The van der Waals surface area contributed by atoms with Crippen molar-refractivity contribution < 1.29 is 23.5 Å². The molecule has 23 heavy (non-hydrogen) atoms. The highest BCUT2D eigenvalue weighted by Gasteiger charge is 2.09. The van der Waals surface area contributed by atoms with Gasteiger partial charge < -0.3 is 5.11 Å². The van der Waals surface area contributed by atoms with E-state index in [0.29, 0.717) is 5.56 Å². The molecule has 118 valence electrons. The molecule has 0 saturated carbocycles. The molecule has 3 nitrogen and oxygen atoms in total. The Morgan fingerprint density at radius 3 is 2.39 bits per heavy atom. The van der Waals surface area contributed by atoms with Gasteiger partial charge in [0.25, 0.3) is 0 Å². The predicted octanol–water partition coefficient (Wildman–Crippen LogP) is 4.04. The first kappa shape index (κ1) is 16.9. The fourth-order valence-corrected chi connectivity index (χ4v) is 2.39. The van der Waals surface area contributed by atoms with Gasteiger partial charge in [0.1, 0.15) is 11.6 Å². The molecule has 2 rings (SSSR count). The Kier molecular flexibility index (Phi) is 5.65. The van der Waals surface area contributed by atoms with Crippen molar-refractivity contribution in [3.8, 4) is 0 Å². The molecule has 0 radical (unpaired) electrons. The second-order valence-corrected chi connectivity index (χ2v) is 5.59. The van der Waals surface area contributed by atoms with Gasteiger partial charge in [0.15, 0.2) is 5.78 Å². The summed E-state index contributed by atoms with van der Waals surface area (Å²) >= 11 is 0.848. The van der Waals surface area contributed by atoms with Crippen LogP contribution in [-0.2, 0) is 4.79 Å². The van der Waals surface area contributed by atoms with E-state index in [2.05, 4.69) is 0 Å². The van der Waals surface area contributed by atoms with Crippen LogP contribution in [-0.4, -0.2) is 22.6 Å². The normalized spacial score (nSPS) is 10.9. The first-order valence-electron chi connectivity index (χ1n) is 6.58. The Balaban J connectivity index is 2.08. The van der Waals surface area contributed by atoms with E-state index in [9.17, 15) is 18.4 Å². The van der Waals surface area contributed by atoms with Crippen LogP contribution in [0.3, 0.4) is 0 Å². The van der Waals surface area contributed by atoms with Gasteiger partial charge in [0.2, 0.25) is 0 Å². The summed E-state index contributed by atoms with van der Waals surface area (Å²) in [5, 5.41) is 8.57. The number of halogens is 2. The third-order valence-corrected chi connectivity index (χ3v) is 3.90. The Morgan fingerprint density at radius 1 is 1.09 bits per heavy atom. The molecule has 0 bridgehead atoms. The molecule has 6 heteroatoms. The molecule has 0 heterocycles. The number of allylic oxidation sites excluding steroid dienone is 1. The topological polar surface area (TPSA) is 54.4 Å². The van der Waals surface area contributed by atoms with E-state index >= 15 is 0 Å². The molecule has 0 fully saturated rings. The van der Waals surface area contributed by atoms with E-state index in [1.807, 2.05) is 0 Å². The van der Waals surface area contributed by atoms with Gasteiger partial charge in [0, 0.05) is 10.5 Å². The van der Waals surface area contributed by atoms with Crippen LogP contribution < -0.4 is 0 Å². The third-order valence-electron chi connectivity index (χ3n) is 2.86. The lowest BCUT2D eigenvalue weighted by atomic mass is 10.1. The van der Waals surface area contributed by atoms with Crippen molar-refractivity contribution in [3.63, 3.8) is 0 Å². The highest BCUT2D eigenvalue weighted by atomic mass is 32.2. The van der Waals surface area contributed by atoms with Gasteiger partial charge in [-0.25, -0.2) is 8.78 Å². The van der Waals surface area contributed by atoms with Gasteiger partial charge in [-0.1, -0.05) is 18.2 Å². The number of carboxylic acids is 1. The zero-order valence-corrected chi connectivity index (χ0v) is 12.6. The largest absolute Gasteiger partial charge is 0.481 e. The van der Waals surface area contributed by atoms with E-state index in [0.717, 1.165) is 17.8 Å². The monoisotopic (exact) mass is 334 g/mol. The van der Waals surface area contributed by atoms with E-state index in [1.54, 1.807) is 0 Å². The molecular formula is C17H12F2O3S. The molecule has 0 spiro atoms. The first-order chi connectivity index (χ1) is 11.0. The number of rotatable bonds is 6. The fourth-order valence-electron chi connectivity index (χ4n) is 1.75. The van der Waals surface area contributed by atoms with E-state index in [-0.39, 0.29) is 22.0 Å². The molecule has 0 amide bonds. The van der Waals surface area contributed by atoms with Gasteiger partial charge in [-0.2, -0.15) is 0 Å². The number of ketones is 1. The van der Waals surface area contributed by atoms with Crippen molar-refractivity contribution in [2.75, 3.05) is 5.75 Å². The molecule has 0 unspecified atom stereocenters. The van der Waals surface area contributed by atoms with Crippen LogP contribution in [0.25, 0.3) is 6.08 Å². The molecule has 2 aromatic rings. The van der Waals surface area contributed by atoms with Crippen molar-refractivity contribution in [1.82, 2.24) is 0 Å². The number of carbonyl (C=O) groups is 2. The maximum absolute atomic E-state index is 13.8. The molecule has 0 aromatic heterocycles. The Hall–Kier alpha value is -2.47. The maximum Gasteiger partial charge on any atom is 0.313 e. The van der Waals surface area contributed by atoms with Crippen molar-refractivity contribution in [2.45, 2.75) is 4.90 Å². The molecular weight excluding hydrogens is 322 g/mol. The minimum Gasteiger partial charge on any atom is -0.481 e. The lowest BCUT2D eigenvalue weighted by Crippen LogP contribution is -2.00. The maximum atomic E-state index is 13.8. The average Bonchev–Trinajstić information content (AvgIpc) is 2.52. The van der Waals surface area contributed by atoms with Gasteiger partial charge in [-0.15, -0.1) is 11.8 Å². The Bertz CT molecular complexity index is 755. The highest BCUT2D eigenvalue weighted by Crippen LogP contribution is 2.23. The van der Waals surface area contributed by atoms with Crippen LogP contribution in [0.5, 0.6) is 0 Å². The lowest BCUT2D eigenvalue weighted by Gasteiger charge is -2.03. The minimum absolute atomic E-state index is 0.153. The molecule has 0 atom stereocenters. The smallest absolute Gasteiger partial charge is 0.313 e. The summed E-state index contributed by atoms with van der Waals surface area (Å²) < 4.78 is 26.6. The van der Waals surface area contributed by atoms with Gasteiger partial charge in [-0.3, -0.25) is 9.59 Å². The minimum atomic E-state index is -1.04. The molecule has 0 aliphatic rings. The van der Waals surface area contributed by atoms with Crippen LogP contribution in [0.4, 0.5) is 8.78 Å². The zero-order chi connectivity index (χ0) is 16.8. The van der Waals surface area contributed by atoms with Gasteiger partial charge >= 0.3 is 5.97 Å². The fraction of sp³-hybridized carbons (Fsp3) is 0.0588. The molecule has 1 N–H and O–H groups in total. The predicted molar refractivity (Wildman–Crippen MR) is 84.5 cm³/mol. The molecule has 0 saturated heterocycles. The summed E-state index contributed by atoms with van der Waals surface area (Å²) in [5.41, 5.74) is 0.800. The van der Waals surface area contributed by atoms with Crippen LogP contribution in [0.15, 0.2) is 53.4 Å². The molecule has 0 aliphatic heterocycles. The molecule has 2 aromatic carbocycles. The summed E-state index contributed by atoms with van der Waals surface area (Å²) in [5.74, 6) is -2.71. The van der Waals surface area contributed by atoms with Crippen LogP contribution >= 0.6 is 11.8 Å². The first-order valence-corrected chi connectivity index (χ1v) is 7.56. The highest BCUT2D eigenvalue weighted by molar-refractivity contribution is 8.00. The summed E-state index contributed by atoms with van der Waals surface area (Å²) in [6.45, 7) is 0. The second-order valence-electron chi connectivity index (χ2n) is 4.58. The summed E-state index contributed by atoms with van der Waals surface area (Å²) in [6, 6.07) is 9.47. The number of carboxylic acid groups (broad SMARTS) is 1. The summed E-state index contributed by atoms with van der Waals surface area (Å²) in [7, 11) is 0. The van der Waals surface area contributed by atoms with Crippen LogP contribution in [0.2, 0.25) is 0 Å². The van der Waals surface area contributed by atoms with Crippen molar-refractivity contribution in [1.29, 1.82) is 0 Å². The second kappa shape index (κ2) is 7.69. The van der Waals surface area contributed by atoms with Gasteiger partial charge in [0.05, 0.1) is 5.75 Å². The standard InChI is InChI=1S/C17H12F2O3S/c18-13-5-1-11(2-6-13)3-7-15(20)12-4-8-16(14(19)9-12)23-10-17(21)22/h1-9H,10H2,(H,21,22). The SMILES string of the molecule is O=C(O)CSc1ccc(C(=O)C=Cc2ccc(F)cc2)cc1F. The summed E-state index contributed by atoms with van der Waals surface area (Å²) in [4.78, 5) is 22.6. The lowest BCUT2D eigenvalue weighted by molar-refractivity contribution is -0.133. The quantitative estimate of drug-likeness (QED) is 0.492.